The second-order valence-corrected chi connectivity index (χ2v) is 6.92. The third-order valence-corrected chi connectivity index (χ3v) is 4.96. The van der Waals surface area contributed by atoms with Crippen LogP contribution < -0.4 is 16.6 Å². The SMILES string of the molecule is Cn1c(=O)c2cc(C(=O)NCCc3ccc(-n4cccn4)cc3)cnc2n(C)c1=O. The molecule has 0 fully saturated rings. The summed E-state index contributed by atoms with van der Waals surface area (Å²) in [6, 6.07) is 11.3. The van der Waals surface area contributed by atoms with Crippen LogP contribution in [0.3, 0.4) is 0 Å². The van der Waals surface area contributed by atoms with Crippen LogP contribution in [0.2, 0.25) is 0 Å². The fourth-order valence-corrected chi connectivity index (χ4v) is 3.25. The van der Waals surface area contributed by atoms with Gasteiger partial charge in [-0.05, 0) is 36.2 Å². The minimum absolute atomic E-state index is 0.224. The van der Waals surface area contributed by atoms with Gasteiger partial charge >= 0.3 is 5.69 Å². The van der Waals surface area contributed by atoms with E-state index in [0.717, 1.165) is 15.8 Å². The van der Waals surface area contributed by atoms with Crippen molar-refractivity contribution in [2.45, 2.75) is 6.42 Å². The van der Waals surface area contributed by atoms with E-state index >= 15 is 0 Å². The van der Waals surface area contributed by atoms with Crippen LogP contribution in [0, 0.1) is 0 Å². The van der Waals surface area contributed by atoms with Crippen molar-refractivity contribution < 1.29 is 4.79 Å². The molecule has 30 heavy (non-hydrogen) atoms. The second kappa shape index (κ2) is 7.78. The topological polar surface area (TPSA) is 104 Å². The molecule has 0 aliphatic heterocycles. The van der Waals surface area contributed by atoms with E-state index in [-0.39, 0.29) is 22.5 Å². The zero-order valence-corrected chi connectivity index (χ0v) is 16.6. The Hall–Kier alpha value is -4.01. The predicted molar refractivity (Wildman–Crippen MR) is 112 cm³/mol. The van der Waals surface area contributed by atoms with Crippen LogP contribution in [-0.2, 0) is 20.5 Å². The van der Waals surface area contributed by atoms with Crippen LogP contribution in [0.1, 0.15) is 15.9 Å². The molecule has 1 N–H and O–H groups in total. The molecule has 0 saturated heterocycles. The summed E-state index contributed by atoms with van der Waals surface area (Å²) in [6.45, 7) is 0.434. The third kappa shape index (κ3) is 3.52. The first-order chi connectivity index (χ1) is 14.5. The van der Waals surface area contributed by atoms with Crippen LogP contribution >= 0.6 is 0 Å². The van der Waals surface area contributed by atoms with Gasteiger partial charge in [-0.25, -0.2) is 14.5 Å². The van der Waals surface area contributed by atoms with Crippen LogP contribution in [0.4, 0.5) is 0 Å². The van der Waals surface area contributed by atoms with Crippen molar-refractivity contribution in [2.75, 3.05) is 6.54 Å². The van der Waals surface area contributed by atoms with Gasteiger partial charge in [-0.3, -0.25) is 18.7 Å². The van der Waals surface area contributed by atoms with Gasteiger partial charge in [0.25, 0.3) is 11.5 Å². The van der Waals surface area contributed by atoms with Gasteiger partial charge in [0.05, 0.1) is 16.6 Å². The molecule has 4 aromatic rings. The number of carbonyl (C=O) groups is 1. The molecule has 3 heterocycles. The Labute approximate surface area is 171 Å². The van der Waals surface area contributed by atoms with Crippen molar-refractivity contribution in [3.05, 3.63) is 87.0 Å². The Kier molecular flexibility index (Phi) is 5.01. The molecule has 0 spiro atoms. The minimum atomic E-state index is -0.479. The van der Waals surface area contributed by atoms with E-state index in [9.17, 15) is 14.4 Å². The highest BCUT2D eigenvalue weighted by molar-refractivity contribution is 5.96. The summed E-state index contributed by atoms with van der Waals surface area (Å²) in [5.74, 6) is -0.325. The summed E-state index contributed by atoms with van der Waals surface area (Å²) in [7, 11) is 2.93. The van der Waals surface area contributed by atoms with E-state index in [1.165, 1.54) is 30.9 Å². The molecule has 0 saturated carbocycles. The highest BCUT2D eigenvalue weighted by atomic mass is 16.2. The van der Waals surface area contributed by atoms with Crippen molar-refractivity contribution in [1.29, 1.82) is 0 Å². The molecule has 1 amide bonds. The number of pyridine rings is 1. The minimum Gasteiger partial charge on any atom is -0.352 e. The summed E-state index contributed by atoms with van der Waals surface area (Å²) in [6.07, 6.45) is 5.62. The summed E-state index contributed by atoms with van der Waals surface area (Å²) >= 11 is 0. The van der Waals surface area contributed by atoms with Crippen molar-refractivity contribution in [2.24, 2.45) is 14.1 Å². The Bertz CT molecular complexity index is 1330. The first-order valence-electron chi connectivity index (χ1n) is 9.38. The molecule has 9 heteroatoms. The molecular weight excluding hydrogens is 384 g/mol. The average Bonchev–Trinajstić information content (AvgIpc) is 3.31. The Balaban J connectivity index is 1.45. The van der Waals surface area contributed by atoms with Crippen LogP contribution in [-0.4, -0.2) is 36.4 Å². The lowest BCUT2D eigenvalue weighted by molar-refractivity contribution is 0.0954. The molecule has 0 radical (unpaired) electrons. The van der Waals surface area contributed by atoms with Crippen LogP contribution in [0.5, 0.6) is 0 Å². The summed E-state index contributed by atoms with van der Waals surface area (Å²) in [5.41, 5.74) is 1.62. The van der Waals surface area contributed by atoms with Crippen molar-refractivity contribution in [3.63, 3.8) is 0 Å². The lowest BCUT2D eigenvalue weighted by Gasteiger charge is -2.09. The Morgan fingerprint density at radius 2 is 1.87 bits per heavy atom. The molecule has 1 aromatic carbocycles. The van der Waals surface area contributed by atoms with E-state index in [0.29, 0.717) is 13.0 Å². The fraction of sp³-hybridized carbons (Fsp3) is 0.190. The second-order valence-electron chi connectivity index (χ2n) is 6.92. The number of carbonyl (C=O) groups excluding carboxylic acids is 1. The quantitative estimate of drug-likeness (QED) is 0.530. The molecule has 0 aliphatic carbocycles. The predicted octanol–water partition coefficient (Wildman–Crippen LogP) is 0.790. The van der Waals surface area contributed by atoms with E-state index in [2.05, 4.69) is 15.4 Å². The van der Waals surface area contributed by atoms with E-state index < -0.39 is 11.2 Å². The van der Waals surface area contributed by atoms with Crippen LogP contribution in [0.15, 0.2) is 64.6 Å². The van der Waals surface area contributed by atoms with Crippen molar-refractivity contribution >= 4 is 16.9 Å². The fourth-order valence-electron chi connectivity index (χ4n) is 3.25. The highest BCUT2D eigenvalue weighted by Gasteiger charge is 2.13. The van der Waals surface area contributed by atoms with E-state index in [4.69, 9.17) is 0 Å². The molecule has 9 nitrogen and oxygen atoms in total. The van der Waals surface area contributed by atoms with Gasteiger partial charge in [0, 0.05) is 39.2 Å². The standard InChI is InChI=1S/C21H20N6O3/c1-25-18-17(20(29)26(2)21(25)30)12-15(13-23-18)19(28)22-10-8-14-4-6-16(7-5-14)27-11-3-9-24-27/h3-7,9,11-13H,8,10H2,1-2H3,(H,22,28). The Morgan fingerprint density at radius 3 is 2.57 bits per heavy atom. The number of benzene rings is 1. The third-order valence-electron chi connectivity index (χ3n) is 4.96. The Morgan fingerprint density at radius 1 is 1.10 bits per heavy atom. The first-order valence-corrected chi connectivity index (χ1v) is 9.38. The first kappa shape index (κ1) is 19.3. The molecule has 4 rings (SSSR count). The zero-order valence-electron chi connectivity index (χ0n) is 16.6. The van der Waals surface area contributed by atoms with Crippen molar-refractivity contribution in [3.8, 4) is 5.69 Å². The maximum atomic E-state index is 12.5. The largest absolute Gasteiger partial charge is 0.352 e. The number of nitrogens with one attached hydrogen (secondary N) is 1. The molecule has 3 aromatic heterocycles. The van der Waals surface area contributed by atoms with Gasteiger partial charge in [-0.15, -0.1) is 0 Å². The number of aryl methyl sites for hydroxylation is 1. The summed E-state index contributed by atoms with van der Waals surface area (Å²) in [4.78, 5) is 41.0. The number of hydrogen-bond acceptors (Lipinski definition) is 5. The number of nitrogens with zero attached hydrogens (tertiary/aromatic N) is 5. The lowest BCUT2D eigenvalue weighted by atomic mass is 10.1. The molecule has 0 atom stereocenters. The number of rotatable bonds is 5. The van der Waals surface area contributed by atoms with Gasteiger partial charge in [0.15, 0.2) is 0 Å². The molecule has 0 bridgehead atoms. The molecular formula is C21H20N6O3. The summed E-state index contributed by atoms with van der Waals surface area (Å²) < 4.78 is 4.06. The molecule has 0 aliphatic rings. The average molecular weight is 404 g/mol. The van der Waals surface area contributed by atoms with E-state index in [1.807, 2.05) is 36.5 Å². The van der Waals surface area contributed by atoms with E-state index in [1.54, 1.807) is 10.9 Å². The monoisotopic (exact) mass is 404 g/mol. The van der Waals surface area contributed by atoms with Gasteiger partial charge in [0.2, 0.25) is 0 Å². The normalized spacial score (nSPS) is 11.0. The maximum absolute atomic E-state index is 12.5. The smallest absolute Gasteiger partial charge is 0.332 e. The number of hydrogen-bond donors (Lipinski definition) is 1. The maximum Gasteiger partial charge on any atom is 0.332 e. The molecule has 0 unspecified atom stereocenters. The van der Waals surface area contributed by atoms with Gasteiger partial charge in [-0.2, -0.15) is 5.10 Å². The van der Waals surface area contributed by atoms with Gasteiger partial charge < -0.3 is 5.32 Å². The highest BCUT2D eigenvalue weighted by Crippen LogP contribution is 2.10. The van der Waals surface area contributed by atoms with Crippen molar-refractivity contribution in [1.82, 2.24) is 29.2 Å². The number of amides is 1. The number of fused-ring (bicyclic) bond motifs is 1. The van der Waals surface area contributed by atoms with Crippen LogP contribution in [0.25, 0.3) is 16.7 Å². The molecule has 152 valence electrons. The van der Waals surface area contributed by atoms with Gasteiger partial charge in [-0.1, -0.05) is 12.1 Å². The lowest BCUT2D eigenvalue weighted by Crippen LogP contribution is -2.37. The number of aromatic nitrogens is 5. The summed E-state index contributed by atoms with van der Waals surface area (Å²) in [5, 5.41) is 7.25. The zero-order chi connectivity index (χ0) is 21.3. The van der Waals surface area contributed by atoms with Gasteiger partial charge in [0.1, 0.15) is 5.65 Å².